The molecule has 1 atom stereocenters. The van der Waals surface area contributed by atoms with E-state index in [1.165, 1.54) is 6.07 Å². The Hall–Kier alpha value is 0.640. The Kier molecular flexibility index (Phi) is 7.71. The maximum Gasteiger partial charge on any atom is 0.337 e. The van der Waals surface area contributed by atoms with Crippen molar-refractivity contribution in [1.29, 1.82) is 0 Å². The van der Waals surface area contributed by atoms with Crippen molar-refractivity contribution in [1.82, 2.24) is 0 Å². The second-order valence-corrected chi connectivity index (χ2v) is 13.2. The van der Waals surface area contributed by atoms with E-state index < -0.39 is 11.9 Å². The zero-order valence-electron chi connectivity index (χ0n) is 15.1. The third kappa shape index (κ3) is 4.14. The number of carboxylic acid groups (broad SMARTS) is 1. The number of ether oxygens (including phenoxy) is 1. The summed E-state index contributed by atoms with van der Waals surface area (Å²) in [5.41, 5.74) is 1.98. The van der Waals surface area contributed by atoms with Gasteiger partial charge < -0.3 is 20.1 Å². The number of aromatic carboxylic acids is 1. The Morgan fingerprint density at radius 3 is 2.09 bits per heavy atom. The Balaban J connectivity index is 2.21. The fourth-order valence-electron chi connectivity index (χ4n) is 3.52. The Morgan fingerprint density at radius 1 is 0.875 bits per heavy atom. The molecule has 3 N–H and O–H groups in total. The minimum Gasteiger partial charge on any atom is -0.507 e. The number of phenolic OH excluding ortho intramolecular Hbond substituents is 2. The molecular weight excluding hydrogens is 1020 g/mol. The van der Waals surface area contributed by atoms with Crippen molar-refractivity contribution >= 4 is 137 Å². The first-order chi connectivity index (χ1) is 15.0. The molecule has 5 nitrogen and oxygen atoms in total. The Bertz CT molecular complexity index is 1350. The van der Waals surface area contributed by atoms with Crippen LogP contribution in [0.15, 0.2) is 36.1 Å². The van der Waals surface area contributed by atoms with E-state index in [2.05, 4.69) is 63.7 Å². The molecule has 32 heavy (non-hydrogen) atoms. The van der Waals surface area contributed by atoms with Gasteiger partial charge in [0.15, 0.2) is 0 Å². The van der Waals surface area contributed by atoms with Crippen molar-refractivity contribution < 1.29 is 24.9 Å². The van der Waals surface area contributed by atoms with Gasteiger partial charge in [0.1, 0.15) is 23.0 Å². The summed E-state index contributed by atoms with van der Waals surface area (Å²) in [5.74, 6) is -0.736. The molecule has 0 saturated carbocycles. The van der Waals surface area contributed by atoms with E-state index >= 15 is 0 Å². The summed E-state index contributed by atoms with van der Waals surface area (Å²) in [7, 11) is 0. The summed E-state index contributed by atoms with van der Waals surface area (Å²) in [6, 6.07) is 5.09. The van der Waals surface area contributed by atoms with Crippen LogP contribution in [0.4, 0.5) is 0 Å². The van der Waals surface area contributed by atoms with Crippen molar-refractivity contribution in [3.63, 3.8) is 0 Å². The highest BCUT2D eigenvalue weighted by Gasteiger charge is 2.38. The summed E-state index contributed by atoms with van der Waals surface area (Å²) < 4.78 is 10.0. The molecule has 1 heterocycles. The molecule has 3 aromatic rings. The number of aromatic hydroxyl groups is 2. The summed E-state index contributed by atoms with van der Waals surface area (Å²) in [5, 5.41) is 31.0. The molecule has 0 fully saturated rings. The van der Waals surface area contributed by atoms with Crippen LogP contribution in [0.5, 0.6) is 23.0 Å². The van der Waals surface area contributed by atoms with Gasteiger partial charge in [-0.15, -0.1) is 0 Å². The molecule has 0 bridgehead atoms. The lowest BCUT2D eigenvalue weighted by Gasteiger charge is -2.32. The van der Waals surface area contributed by atoms with Crippen molar-refractivity contribution in [3.8, 4) is 23.0 Å². The predicted molar refractivity (Wildman–Crippen MR) is 160 cm³/mol. The van der Waals surface area contributed by atoms with Gasteiger partial charge in [-0.3, -0.25) is 0 Å². The van der Waals surface area contributed by atoms with Gasteiger partial charge in [-0.05, 0) is 149 Å². The average molecular weight is 1030 g/mol. The van der Waals surface area contributed by atoms with Gasteiger partial charge in [-0.1, -0.05) is 0 Å². The number of hydrogen-bond acceptors (Lipinski definition) is 4. The van der Waals surface area contributed by atoms with Crippen molar-refractivity contribution in [2.75, 3.05) is 0 Å². The van der Waals surface area contributed by atoms with Gasteiger partial charge in [-0.25, -0.2) is 4.79 Å². The molecule has 3 aromatic carbocycles. The number of rotatable bonds is 2. The third-order valence-corrected chi connectivity index (χ3v) is 12.4. The summed E-state index contributed by atoms with van der Waals surface area (Å²) >= 11 is 20.1. The van der Waals surface area contributed by atoms with E-state index in [9.17, 15) is 20.1 Å². The predicted octanol–water partition coefficient (Wildman–Crippen LogP) is 8.95. The van der Waals surface area contributed by atoms with Gasteiger partial charge in [0, 0.05) is 41.0 Å². The summed E-state index contributed by atoms with van der Waals surface area (Å²) in [6.45, 7) is 0. The molecule has 0 aromatic heterocycles. The molecular formula is C20H7Br4I3O5. The highest BCUT2D eigenvalue weighted by molar-refractivity contribution is 14.1. The second-order valence-electron chi connectivity index (χ2n) is 6.67. The van der Waals surface area contributed by atoms with Crippen molar-refractivity contribution in [2.24, 2.45) is 0 Å². The second kappa shape index (κ2) is 9.59. The Labute approximate surface area is 256 Å². The molecule has 0 amide bonds. The molecule has 0 saturated heterocycles. The lowest BCUT2D eigenvalue weighted by molar-refractivity contribution is 0.0694. The summed E-state index contributed by atoms with van der Waals surface area (Å²) in [6.07, 6.45) is 0. The summed E-state index contributed by atoms with van der Waals surface area (Å²) in [4.78, 5) is 12.4. The van der Waals surface area contributed by atoms with Crippen LogP contribution >= 0.6 is 131 Å². The van der Waals surface area contributed by atoms with E-state index in [1.807, 2.05) is 67.8 Å². The van der Waals surface area contributed by atoms with Gasteiger partial charge >= 0.3 is 5.97 Å². The molecule has 12 heteroatoms. The lowest BCUT2D eigenvalue weighted by atomic mass is 9.80. The molecule has 0 spiro atoms. The zero-order valence-corrected chi connectivity index (χ0v) is 27.9. The molecule has 4 rings (SSSR count). The van der Waals surface area contributed by atoms with Crippen LogP contribution in [0.1, 0.15) is 33.0 Å². The smallest absolute Gasteiger partial charge is 0.337 e. The number of fused-ring (bicyclic) bond motifs is 2. The highest BCUT2D eigenvalue weighted by atomic mass is 127. The van der Waals surface area contributed by atoms with Crippen LogP contribution in [0.2, 0.25) is 0 Å². The number of phenols is 2. The zero-order chi connectivity index (χ0) is 23.6. The molecule has 166 valence electrons. The van der Waals surface area contributed by atoms with E-state index in [0.29, 0.717) is 56.8 Å². The first kappa shape index (κ1) is 25.7. The standard InChI is InChI=1S/C20H7Br4I3O5/c21-13-11(12(20(30)31)14(22)16(24)15(13)23)10-4-1-6(25)8(28)3-9(4)32-19-5(10)2-7(26)18(29)17(19)27/h1-3,10,28-29H,(H,30,31). The third-order valence-electron chi connectivity index (χ3n) is 4.90. The number of benzene rings is 3. The minimum absolute atomic E-state index is 0.0481. The van der Waals surface area contributed by atoms with E-state index in [1.54, 1.807) is 12.1 Å². The van der Waals surface area contributed by atoms with Gasteiger partial charge in [-0.2, -0.15) is 0 Å². The fraction of sp³-hybridized carbons (Fsp3) is 0.0500. The molecule has 1 aliphatic heterocycles. The lowest BCUT2D eigenvalue weighted by Crippen LogP contribution is -2.18. The van der Waals surface area contributed by atoms with E-state index in [4.69, 9.17) is 4.74 Å². The van der Waals surface area contributed by atoms with Crippen LogP contribution in [0, 0.1) is 10.7 Å². The number of carbonyl (C=O) groups is 1. The molecule has 1 aliphatic rings. The Morgan fingerprint density at radius 2 is 1.47 bits per heavy atom. The van der Waals surface area contributed by atoms with Crippen LogP contribution in [0.25, 0.3) is 0 Å². The number of hydrogen-bond donors (Lipinski definition) is 3. The van der Waals surface area contributed by atoms with Crippen LogP contribution in [-0.2, 0) is 0 Å². The molecule has 1 unspecified atom stereocenters. The first-order valence-corrected chi connectivity index (χ1v) is 14.9. The van der Waals surface area contributed by atoms with Gasteiger partial charge in [0.25, 0.3) is 0 Å². The number of carboxylic acids is 1. The SMILES string of the molecule is O=C(O)c1c(Br)c(Br)c(Br)c(Br)c1C1c2cc(I)c(O)cc2Oc2c1cc(I)c(O)c2I. The highest BCUT2D eigenvalue weighted by Crippen LogP contribution is 2.56. The topological polar surface area (TPSA) is 87.0 Å². The van der Waals surface area contributed by atoms with Gasteiger partial charge in [0.2, 0.25) is 0 Å². The monoisotopic (exact) mass is 1020 g/mol. The number of halogens is 7. The fourth-order valence-corrected chi connectivity index (χ4v) is 8.39. The van der Waals surface area contributed by atoms with E-state index in [0.717, 1.165) is 0 Å². The normalized spacial score (nSPS) is 14.5. The quantitative estimate of drug-likeness (QED) is 0.106. The minimum atomic E-state index is -1.10. The van der Waals surface area contributed by atoms with Crippen molar-refractivity contribution in [2.45, 2.75) is 5.92 Å². The molecule has 0 aliphatic carbocycles. The van der Waals surface area contributed by atoms with Gasteiger partial charge in [0.05, 0.1) is 16.3 Å². The average Bonchev–Trinajstić information content (AvgIpc) is 2.73. The van der Waals surface area contributed by atoms with Crippen LogP contribution in [-0.4, -0.2) is 21.3 Å². The van der Waals surface area contributed by atoms with Crippen LogP contribution in [0.3, 0.4) is 0 Å². The maximum atomic E-state index is 12.4. The first-order valence-electron chi connectivity index (χ1n) is 8.45. The van der Waals surface area contributed by atoms with E-state index in [-0.39, 0.29) is 17.1 Å². The van der Waals surface area contributed by atoms with Crippen LogP contribution < -0.4 is 4.74 Å². The largest absolute Gasteiger partial charge is 0.507 e. The van der Waals surface area contributed by atoms with Crippen molar-refractivity contribution in [3.05, 3.63) is 69.1 Å². The molecule has 0 radical (unpaired) electrons. The maximum absolute atomic E-state index is 12.4.